The van der Waals surface area contributed by atoms with Gasteiger partial charge >= 0.3 is 0 Å². The molecule has 0 bridgehead atoms. The Labute approximate surface area is 142 Å². The van der Waals surface area contributed by atoms with Crippen molar-refractivity contribution in [2.45, 2.75) is 26.4 Å². The third kappa shape index (κ3) is 4.49. The van der Waals surface area contributed by atoms with Gasteiger partial charge in [0.1, 0.15) is 6.04 Å². The average Bonchev–Trinajstić information content (AvgIpc) is 2.60. The predicted molar refractivity (Wildman–Crippen MR) is 94.1 cm³/mol. The first kappa shape index (κ1) is 17.8. The molecule has 0 saturated heterocycles. The zero-order valence-corrected chi connectivity index (χ0v) is 14.3. The van der Waals surface area contributed by atoms with Crippen LogP contribution < -0.4 is 20.5 Å². The Bertz CT molecular complexity index is 684. The largest absolute Gasteiger partial charge is 0.493 e. The lowest BCUT2D eigenvalue weighted by atomic mass is 10.1. The zero-order chi connectivity index (χ0) is 17.5. The highest BCUT2D eigenvalue weighted by Gasteiger charge is 2.15. The SMILES string of the molecule is CCOc1cc(CNC(=O)C(N)c2ccc(C)cc2)ccc1OC. The number of amides is 1. The second-order valence-electron chi connectivity index (χ2n) is 5.52. The van der Waals surface area contributed by atoms with E-state index in [0.717, 1.165) is 16.7 Å². The van der Waals surface area contributed by atoms with Crippen LogP contribution >= 0.6 is 0 Å². The lowest BCUT2D eigenvalue weighted by Gasteiger charge is -2.14. The van der Waals surface area contributed by atoms with Crippen molar-refractivity contribution in [2.75, 3.05) is 13.7 Å². The molecule has 0 spiro atoms. The molecule has 0 aliphatic heterocycles. The molecular weight excluding hydrogens is 304 g/mol. The van der Waals surface area contributed by atoms with Crippen molar-refractivity contribution >= 4 is 5.91 Å². The molecule has 0 aromatic heterocycles. The van der Waals surface area contributed by atoms with E-state index in [1.54, 1.807) is 7.11 Å². The summed E-state index contributed by atoms with van der Waals surface area (Å²) in [4.78, 5) is 12.2. The summed E-state index contributed by atoms with van der Waals surface area (Å²) < 4.78 is 10.8. The summed E-state index contributed by atoms with van der Waals surface area (Å²) in [6, 6.07) is 12.5. The van der Waals surface area contributed by atoms with E-state index in [4.69, 9.17) is 15.2 Å². The molecule has 0 saturated carbocycles. The van der Waals surface area contributed by atoms with E-state index in [9.17, 15) is 4.79 Å². The van der Waals surface area contributed by atoms with Crippen molar-refractivity contribution in [3.63, 3.8) is 0 Å². The molecule has 0 aliphatic rings. The van der Waals surface area contributed by atoms with E-state index < -0.39 is 6.04 Å². The quantitative estimate of drug-likeness (QED) is 0.819. The number of aryl methyl sites for hydroxylation is 1. The van der Waals surface area contributed by atoms with Gasteiger partial charge in [-0.2, -0.15) is 0 Å². The van der Waals surface area contributed by atoms with E-state index in [1.807, 2.05) is 56.3 Å². The van der Waals surface area contributed by atoms with Gasteiger partial charge in [-0.3, -0.25) is 4.79 Å². The van der Waals surface area contributed by atoms with Gasteiger partial charge in [-0.1, -0.05) is 35.9 Å². The number of ether oxygens (including phenoxy) is 2. The highest BCUT2D eigenvalue weighted by atomic mass is 16.5. The topological polar surface area (TPSA) is 73.6 Å². The van der Waals surface area contributed by atoms with Crippen LogP contribution in [0.15, 0.2) is 42.5 Å². The molecule has 2 aromatic carbocycles. The number of carbonyl (C=O) groups excluding carboxylic acids is 1. The van der Waals surface area contributed by atoms with E-state index in [0.29, 0.717) is 24.7 Å². The Hall–Kier alpha value is -2.53. The molecule has 24 heavy (non-hydrogen) atoms. The van der Waals surface area contributed by atoms with E-state index >= 15 is 0 Å². The number of hydrogen-bond donors (Lipinski definition) is 2. The van der Waals surface area contributed by atoms with Crippen LogP contribution in [0.25, 0.3) is 0 Å². The Morgan fingerprint density at radius 3 is 2.50 bits per heavy atom. The summed E-state index contributed by atoms with van der Waals surface area (Å²) in [6.07, 6.45) is 0. The molecule has 5 nitrogen and oxygen atoms in total. The maximum Gasteiger partial charge on any atom is 0.241 e. The summed E-state index contributed by atoms with van der Waals surface area (Å²) in [6.45, 7) is 4.83. The minimum atomic E-state index is -0.685. The first-order valence-corrected chi connectivity index (χ1v) is 7.94. The van der Waals surface area contributed by atoms with Crippen LogP contribution in [-0.2, 0) is 11.3 Å². The molecule has 0 radical (unpaired) electrons. The molecular formula is C19H24N2O3. The van der Waals surface area contributed by atoms with Gasteiger partial charge in [0.05, 0.1) is 13.7 Å². The zero-order valence-electron chi connectivity index (χ0n) is 14.3. The summed E-state index contributed by atoms with van der Waals surface area (Å²) in [5, 5.41) is 2.86. The summed E-state index contributed by atoms with van der Waals surface area (Å²) in [5.41, 5.74) is 8.87. The lowest BCUT2D eigenvalue weighted by molar-refractivity contribution is -0.122. The molecule has 1 unspecified atom stereocenters. The van der Waals surface area contributed by atoms with Crippen molar-refractivity contribution in [3.8, 4) is 11.5 Å². The standard InChI is InChI=1S/C19H24N2O3/c1-4-24-17-11-14(7-10-16(17)23-3)12-21-19(22)18(20)15-8-5-13(2)6-9-15/h5-11,18H,4,12,20H2,1-3H3,(H,21,22). The van der Waals surface area contributed by atoms with Gasteiger partial charge in [0.25, 0.3) is 0 Å². The van der Waals surface area contributed by atoms with Crippen molar-refractivity contribution in [2.24, 2.45) is 5.73 Å². The van der Waals surface area contributed by atoms with Gasteiger partial charge in [0, 0.05) is 6.54 Å². The molecule has 1 atom stereocenters. The summed E-state index contributed by atoms with van der Waals surface area (Å²) >= 11 is 0. The maximum atomic E-state index is 12.2. The minimum Gasteiger partial charge on any atom is -0.493 e. The van der Waals surface area contributed by atoms with Gasteiger partial charge < -0.3 is 20.5 Å². The lowest BCUT2D eigenvalue weighted by Crippen LogP contribution is -2.33. The van der Waals surface area contributed by atoms with Crippen LogP contribution in [0, 0.1) is 6.92 Å². The molecule has 0 fully saturated rings. The van der Waals surface area contributed by atoms with Crippen LogP contribution in [0.5, 0.6) is 11.5 Å². The average molecular weight is 328 g/mol. The fraction of sp³-hybridized carbons (Fsp3) is 0.316. The van der Waals surface area contributed by atoms with Crippen LogP contribution in [0.2, 0.25) is 0 Å². The highest BCUT2D eigenvalue weighted by molar-refractivity contribution is 5.82. The number of nitrogens with two attached hydrogens (primary N) is 1. The molecule has 2 aromatic rings. The Kier molecular flexibility index (Phi) is 6.21. The van der Waals surface area contributed by atoms with Gasteiger partial charge in [0.15, 0.2) is 11.5 Å². The van der Waals surface area contributed by atoms with E-state index in [1.165, 1.54) is 0 Å². The second-order valence-corrected chi connectivity index (χ2v) is 5.52. The molecule has 0 aliphatic carbocycles. The molecule has 1 amide bonds. The number of rotatable bonds is 7. The van der Waals surface area contributed by atoms with Gasteiger partial charge in [0.2, 0.25) is 5.91 Å². The number of nitrogens with one attached hydrogen (secondary N) is 1. The Morgan fingerprint density at radius 2 is 1.88 bits per heavy atom. The minimum absolute atomic E-state index is 0.215. The van der Waals surface area contributed by atoms with Crippen molar-refractivity contribution in [1.29, 1.82) is 0 Å². The van der Waals surface area contributed by atoms with Crippen LogP contribution in [-0.4, -0.2) is 19.6 Å². The van der Waals surface area contributed by atoms with Crippen molar-refractivity contribution in [3.05, 3.63) is 59.2 Å². The van der Waals surface area contributed by atoms with Gasteiger partial charge in [-0.05, 0) is 37.1 Å². The van der Waals surface area contributed by atoms with Gasteiger partial charge in [-0.25, -0.2) is 0 Å². The Balaban J connectivity index is 2.00. The second kappa shape index (κ2) is 8.36. The van der Waals surface area contributed by atoms with Crippen molar-refractivity contribution < 1.29 is 14.3 Å². The summed E-state index contributed by atoms with van der Waals surface area (Å²) in [5.74, 6) is 1.12. The number of hydrogen-bond acceptors (Lipinski definition) is 4. The fourth-order valence-electron chi connectivity index (χ4n) is 2.32. The Morgan fingerprint density at radius 1 is 1.17 bits per heavy atom. The molecule has 3 N–H and O–H groups in total. The molecule has 2 rings (SSSR count). The van der Waals surface area contributed by atoms with Crippen LogP contribution in [0.1, 0.15) is 29.7 Å². The normalized spacial score (nSPS) is 11.7. The highest BCUT2D eigenvalue weighted by Crippen LogP contribution is 2.28. The van der Waals surface area contributed by atoms with Crippen LogP contribution in [0.4, 0.5) is 0 Å². The van der Waals surface area contributed by atoms with E-state index in [-0.39, 0.29) is 5.91 Å². The number of carbonyl (C=O) groups is 1. The first-order chi connectivity index (χ1) is 11.5. The third-order valence-corrected chi connectivity index (χ3v) is 3.71. The van der Waals surface area contributed by atoms with E-state index in [2.05, 4.69) is 5.32 Å². The predicted octanol–water partition coefficient (Wildman–Crippen LogP) is 2.72. The van der Waals surface area contributed by atoms with Crippen molar-refractivity contribution in [1.82, 2.24) is 5.32 Å². The number of methoxy groups -OCH3 is 1. The maximum absolute atomic E-state index is 12.2. The monoisotopic (exact) mass is 328 g/mol. The molecule has 128 valence electrons. The third-order valence-electron chi connectivity index (χ3n) is 3.71. The molecule has 0 heterocycles. The smallest absolute Gasteiger partial charge is 0.241 e. The molecule has 5 heteroatoms. The van der Waals surface area contributed by atoms with Gasteiger partial charge in [-0.15, -0.1) is 0 Å². The van der Waals surface area contributed by atoms with Crippen LogP contribution in [0.3, 0.4) is 0 Å². The first-order valence-electron chi connectivity index (χ1n) is 7.94. The number of benzene rings is 2. The summed E-state index contributed by atoms with van der Waals surface area (Å²) in [7, 11) is 1.60. The fourth-order valence-corrected chi connectivity index (χ4v) is 2.32.